The van der Waals surface area contributed by atoms with Gasteiger partial charge >= 0.3 is 11.9 Å². The zero-order valence-electron chi connectivity index (χ0n) is 12.9. The minimum atomic E-state index is -0.953. The van der Waals surface area contributed by atoms with Crippen LogP contribution in [-0.2, 0) is 19.1 Å². The van der Waals surface area contributed by atoms with Gasteiger partial charge in [-0.05, 0) is 38.1 Å². The molecule has 0 heterocycles. The van der Waals surface area contributed by atoms with Gasteiger partial charge in [-0.1, -0.05) is 29.8 Å². The molecule has 5 nitrogen and oxygen atoms in total. The van der Waals surface area contributed by atoms with Gasteiger partial charge in [0.1, 0.15) is 16.6 Å². The van der Waals surface area contributed by atoms with E-state index < -0.39 is 23.1 Å². The van der Waals surface area contributed by atoms with Gasteiger partial charge in [0.05, 0.1) is 13.2 Å². The van der Waals surface area contributed by atoms with E-state index in [1.54, 1.807) is 26.0 Å². The van der Waals surface area contributed by atoms with Gasteiger partial charge in [0.25, 0.3) is 0 Å². The fraction of sp³-hybridized carbons (Fsp3) is 0.438. The minimum Gasteiger partial charge on any atom is -0.465 e. The second-order valence-electron chi connectivity index (χ2n) is 4.53. The Kier molecular flexibility index (Phi) is 7.47. The number of thiocyanates is 1. The monoisotopic (exact) mass is 321 g/mol. The van der Waals surface area contributed by atoms with Gasteiger partial charge in [-0.15, -0.1) is 0 Å². The molecule has 0 saturated heterocycles. The Hall–Kier alpha value is -2.00. The normalized spacial score (nSPS) is 12.8. The van der Waals surface area contributed by atoms with Crippen LogP contribution in [0.1, 0.15) is 30.9 Å². The Morgan fingerprint density at radius 3 is 2.41 bits per heavy atom. The van der Waals surface area contributed by atoms with Gasteiger partial charge in [0.15, 0.2) is 0 Å². The smallest absolute Gasteiger partial charge is 0.321 e. The van der Waals surface area contributed by atoms with Crippen LogP contribution in [0.2, 0.25) is 0 Å². The van der Waals surface area contributed by atoms with E-state index in [0.717, 1.165) is 17.3 Å². The van der Waals surface area contributed by atoms with Crippen molar-refractivity contribution in [3.05, 3.63) is 35.4 Å². The Balaban J connectivity index is 3.24. The molecule has 0 N–H and O–H groups in total. The molecule has 0 spiro atoms. The Morgan fingerprint density at radius 2 is 1.86 bits per heavy atom. The van der Waals surface area contributed by atoms with E-state index in [-0.39, 0.29) is 13.2 Å². The van der Waals surface area contributed by atoms with E-state index in [0.29, 0.717) is 5.56 Å². The number of aryl methyl sites for hydroxylation is 1. The number of thioether (sulfide) groups is 1. The van der Waals surface area contributed by atoms with Crippen LogP contribution in [0.15, 0.2) is 24.3 Å². The van der Waals surface area contributed by atoms with Gasteiger partial charge in [0.2, 0.25) is 0 Å². The Bertz CT molecular complexity index is 568. The van der Waals surface area contributed by atoms with E-state index in [9.17, 15) is 9.59 Å². The van der Waals surface area contributed by atoms with Crippen molar-refractivity contribution in [2.24, 2.45) is 0 Å². The first-order chi connectivity index (χ1) is 10.5. The van der Waals surface area contributed by atoms with Gasteiger partial charge in [0, 0.05) is 0 Å². The predicted octanol–water partition coefficient (Wildman–Crippen LogP) is 2.79. The van der Waals surface area contributed by atoms with Crippen molar-refractivity contribution in [3.63, 3.8) is 0 Å². The quantitative estimate of drug-likeness (QED) is 0.568. The number of carbonyl (C=O) groups excluding carboxylic acids is 2. The maximum absolute atomic E-state index is 12.3. The lowest BCUT2D eigenvalue weighted by atomic mass is 9.94. The molecule has 0 fully saturated rings. The summed E-state index contributed by atoms with van der Waals surface area (Å²) in [6.45, 7) is 5.65. The molecule has 1 aromatic rings. The van der Waals surface area contributed by atoms with Crippen LogP contribution in [0.3, 0.4) is 0 Å². The third kappa shape index (κ3) is 4.78. The highest BCUT2D eigenvalue weighted by atomic mass is 32.2. The third-order valence-electron chi connectivity index (χ3n) is 2.94. The SMILES string of the molecule is CCOC(=O)[C@@H](SC#N)[C@H](C(=O)OCC)c1cccc(C)c1. The fourth-order valence-corrected chi connectivity index (χ4v) is 2.75. The van der Waals surface area contributed by atoms with E-state index in [1.807, 2.05) is 24.5 Å². The highest BCUT2D eigenvalue weighted by Crippen LogP contribution is 2.31. The summed E-state index contributed by atoms with van der Waals surface area (Å²) in [5, 5.41) is 9.89. The molecule has 0 unspecified atom stereocenters. The standard InChI is InChI=1S/C16H19NO4S/c1-4-20-15(18)13(12-8-6-7-11(3)9-12)14(22-10-17)16(19)21-5-2/h6-9,13-14H,4-5H2,1-3H3/t13-,14+/m1/s1. The molecule has 0 aliphatic heterocycles. The number of esters is 2. The molecule has 2 atom stereocenters. The summed E-state index contributed by atoms with van der Waals surface area (Å²) in [5.74, 6) is -1.99. The van der Waals surface area contributed by atoms with Crippen molar-refractivity contribution in [2.75, 3.05) is 13.2 Å². The maximum atomic E-state index is 12.3. The molecule has 118 valence electrons. The highest BCUT2D eigenvalue weighted by Gasteiger charge is 2.38. The van der Waals surface area contributed by atoms with E-state index in [2.05, 4.69) is 0 Å². The number of nitriles is 1. The van der Waals surface area contributed by atoms with E-state index >= 15 is 0 Å². The zero-order chi connectivity index (χ0) is 16.5. The van der Waals surface area contributed by atoms with E-state index in [1.165, 1.54) is 0 Å². The summed E-state index contributed by atoms with van der Waals surface area (Å²) in [5.41, 5.74) is 1.59. The van der Waals surface area contributed by atoms with Gasteiger partial charge < -0.3 is 9.47 Å². The molecule has 0 aliphatic carbocycles. The predicted molar refractivity (Wildman–Crippen MR) is 84.2 cm³/mol. The van der Waals surface area contributed by atoms with Gasteiger partial charge in [-0.3, -0.25) is 9.59 Å². The number of nitrogens with zero attached hydrogens (tertiary/aromatic N) is 1. The Morgan fingerprint density at radius 1 is 1.23 bits per heavy atom. The Labute approximate surface area is 134 Å². The average molecular weight is 321 g/mol. The molecule has 0 saturated carbocycles. The molecule has 1 aromatic carbocycles. The molecule has 0 bridgehead atoms. The second-order valence-corrected chi connectivity index (χ2v) is 5.45. The first-order valence-corrected chi connectivity index (χ1v) is 7.87. The molecule has 0 radical (unpaired) electrons. The van der Waals surface area contributed by atoms with Gasteiger partial charge in [-0.2, -0.15) is 5.26 Å². The number of ether oxygens (including phenoxy) is 2. The number of hydrogen-bond acceptors (Lipinski definition) is 6. The van der Waals surface area contributed by atoms with Crippen molar-refractivity contribution in [3.8, 4) is 5.40 Å². The van der Waals surface area contributed by atoms with Gasteiger partial charge in [-0.25, -0.2) is 0 Å². The molecular weight excluding hydrogens is 302 g/mol. The molecule has 0 amide bonds. The third-order valence-corrected chi connectivity index (χ3v) is 3.77. The summed E-state index contributed by atoms with van der Waals surface area (Å²) in [6.07, 6.45) is 0. The summed E-state index contributed by atoms with van der Waals surface area (Å²) in [4.78, 5) is 24.5. The fourth-order valence-electron chi connectivity index (χ4n) is 2.06. The molecule has 22 heavy (non-hydrogen) atoms. The summed E-state index contributed by atoms with van der Waals surface area (Å²) in [7, 11) is 0. The topological polar surface area (TPSA) is 76.4 Å². The van der Waals surface area contributed by atoms with Crippen LogP contribution >= 0.6 is 11.8 Å². The minimum absolute atomic E-state index is 0.185. The molecular formula is C16H19NO4S. The summed E-state index contributed by atoms with van der Waals surface area (Å²) < 4.78 is 10.1. The molecule has 1 rings (SSSR count). The van der Waals surface area contributed by atoms with Crippen LogP contribution in [0.5, 0.6) is 0 Å². The molecule has 6 heteroatoms. The molecule has 0 aliphatic rings. The van der Waals surface area contributed by atoms with E-state index in [4.69, 9.17) is 14.7 Å². The lowest BCUT2D eigenvalue weighted by molar-refractivity contribution is -0.151. The van der Waals surface area contributed by atoms with Crippen molar-refractivity contribution >= 4 is 23.7 Å². The first-order valence-electron chi connectivity index (χ1n) is 6.99. The molecule has 0 aromatic heterocycles. The van der Waals surface area contributed by atoms with Crippen molar-refractivity contribution in [2.45, 2.75) is 31.9 Å². The maximum Gasteiger partial charge on any atom is 0.321 e. The van der Waals surface area contributed by atoms with Crippen molar-refractivity contribution in [1.29, 1.82) is 5.26 Å². The van der Waals surface area contributed by atoms with Crippen LogP contribution in [0.4, 0.5) is 0 Å². The summed E-state index contributed by atoms with van der Waals surface area (Å²) >= 11 is 0.718. The first kappa shape index (κ1) is 18.1. The lowest BCUT2D eigenvalue weighted by Crippen LogP contribution is -2.33. The average Bonchev–Trinajstić information content (AvgIpc) is 2.47. The second kappa shape index (κ2) is 9.11. The van der Waals surface area contributed by atoms with Crippen LogP contribution in [0, 0.1) is 17.6 Å². The number of benzene rings is 1. The number of hydrogen-bond donors (Lipinski definition) is 0. The largest absolute Gasteiger partial charge is 0.465 e. The number of carbonyl (C=O) groups is 2. The van der Waals surface area contributed by atoms with Crippen LogP contribution in [-0.4, -0.2) is 30.4 Å². The zero-order valence-corrected chi connectivity index (χ0v) is 13.7. The van der Waals surface area contributed by atoms with Crippen molar-refractivity contribution < 1.29 is 19.1 Å². The summed E-state index contributed by atoms with van der Waals surface area (Å²) in [6, 6.07) is 7.25. The van der Waals surface area contributed by atoms with Crippen LogP contribution < -0.4 is 0 Å². The lowest BCUT2D eigenvalue weighted by Gasteiger charge is -2.22. The number of rotatable bonds is 7. The van der Waals surface area contributed by atoms with Crippen LogP contribution in [0.25, 0.3) is 0 Å². The highest BCUT2D eigenvalue weighted by molar-refractivity contribution is 8.05. The van der Waals surface area contributed by atoms with Crippen molar-refractivity contribution in [1.82, 2.24) is 0 Å².